The zero-order valence-electron chi connectivity index (χ0n) is 15.4. The van der Waals surface area contributed by atoms with Crippen LogP contribution in [-0.2, 0) is 26.9 Å². The molecule has 0 saturated heterocycles. The third-order valence-electron chi connectivity index (χ3n) is 4.28. The number of furan rings is 1. The standard InChI is InChI=1S/C21H18N2O4S2/c24-20(15-29(25,26)14-16-7-2-1-3-8-16)23(13-17-9-6-12-27-17)21-22-18-10-4-5-11-19(18)28-21/h1-12H,13-15H2. The third-order valence-corrected chi connectivity index (χ3v) is 6.80. The Morgan fingerprint density at radius 2 is 1.76 bits per heavy atom. The quantitative estimate of drug-likeness (QED) is 0.446. The molecule has 0 spiro atoms. The number of carbonyl (C=O) groups excluding carboxylic acids is 1. The Morgan fingerprint density at radius 3 is 2.48 bits per heavy atom. The summed E-state index contributed by atoms with van der Waals surface area (Å²) in [6.45, 7) is 0.118. The first kappa shape index (κ1) is 19.4. The summed E-state index contributed by atoms with van der Waals surface area (Å²) in [6, 6.07) is 19.8. The van der Waals surface area contributed by atoms with Gasteiger partial charge in [0.2, 0.25) is 5.91 Å². The number of thiazole rings is 1. The molecule has 0 fully saturated rings. The van der Waals surface area contributed by atoms with E-state index in [4.69, 9.17) is 4.42 Å². The van der Waals surface area contributed by atoms with Gasteiger partial charge in [-0.15, -0.1) is 0 Å². The maximum atomic E-state index is 13.0. The number of anilines is 1. The lowest BCUT2D eigenvalue weighted by molar-refractivity contribution is -0.116. The van der Waals surface area contributed by atoms with Crippen molar-refractivity contribution in [3.8, 4) is 0 Å². The van der Waals surface area contributed by atoms with E-state index in [0.717, 1.165) is 10.2 Å². The van der Waals surface area contributed by atoms with Crippen LogP contribution in [-0.4, -0.2) is 25.1 Å². The molecule has 2 heterocycles. The molecule has 0 N–H and O–H groups in total. The Morgan fingerprint density at radius 1 is 1.00 bits per heavy atom. The van der Waals surface area contributed by atoms with E-state index in [-0.39, 0.29) is 12.3 Å². The minimum Gasteiger partial charge on any atom is -0.467 e. The first-order valence-electron chi connectivity index (χ1n) is 8.93. The van der Waals surface area contributed by atoms with Gasteiger partial charge in [0.05, 0.1) is 28.8 Å². The number of sulfone groups is 1. The number of amides is 1. The Balaban J connectivity index is 1.60. The third kappa shape index (κ3) is 4.72. The monoisotopic (exact) mass is 426 g/mol. The van der Waals surface area contributed by atoms with Crippen LogP contribution < -0.4 is 4.90 Å². The molecule has 4 rings (SSSR count). The fourth-order valence-corrected chi connectivity index (χ4v) is 5.26. The van der Waals surface area contributed by atoms with Crippen LogP contribution in [0.4, 0.5) is 5.13 Å². The van der Waals surface area contributed by atoms with Crippen molar-refractivity contribution < 1.29 is 17.6 Å². The number of carbonyl (C=O) groups is 1. The number of hydrogen-bond donors (Lipinski definition) is 0. The maximum Gasteiger partial charge on any atom is 0.244 e. The normalized spacial score (nSPS) is 11.6. The number of hydrogen-bond acceptors (Lipinski definition) is 6. The van der Waals surface area contributed by atoms with Gasteiger partial charge in [-0.2, -0.15) is 0 Å². The number of benzene rings is 2. The number of rotatable bonds is 7. The summed E-state index contributed by atoms with van der Waals surface area (Å²) in [4.78, 5) is 18.9. The molecule has 2 aromatic carbocycles. The number of fused-ring (bicyclic) bond motifs is 1. The summed E-state index contributed by atoms with van der Waals surface area (Å²) < 4.78 is 31.6. The first-order valence-corrected chi connectivity index (χ1v) is 11.6. The van der Waals surface area contributed by atoms with Crippen molar-refractivity contribution in [2.45, 2.75) is 12.3 Å². The molecule has 4 aromatic rings. The Labute approximate surface area is 172 Å². The van der Waals surface area contributed by atoms with Crippen molar-refractivity contribution in [2.75, 3.05) is 10.7 Å². The van der Waals surface area contributed by atoms with Crippen LogP contribution in [0.15, 0.2) is 77.4 Å². The highest BCUT2D eigenvalue weighted by Crippen LogP contribution is 2.30. The summed E-state index contributed by atoms with van der Waals surface area (Å²) in [6.07, 6.45) is 1.52. The topological polar surface area (TPSA) is 80.5 Å². The van der Waals surface area contributed by atoms with Gasteiger partial charge in [0.15, 0.2) is 15.0 Å². The van der Waals surface area contributed by atoms with Crippen molar-refractivity contribution in [3.05, 3.63) is 84.3 Å². The number of aromatic nitrogens is 1. The molecule has 0 unspecified atom stereocenters. The zero-order chi connectivity index (χ0) is 20.3. The van der Waals surface area contributed by atoms with Crippen LogP contribution in [0.3, 0.4) is 0 Å². The van der Waals surface area contributed by atoms with Crippen LogP contribution >= 0.6 is 11.3 Å². The second kappa shape index (κ2) is 8.18. The molecule has 0 aliphatic carbocycles. The van der Waals surface area contributed by atoms with Gasteiger partial charge in [0.1, 0.15) is 11.5 Å². The summed E-state index contributed by atoms with van der Waals surface area (Å²) in [5, 5.41) is 0.447. The van der Waals surface area contributed by atoms with Crippen molar-refractivity contribution in [2.24, 2.45) is 0 Å². The first-order chi connectivity index (χ1) is 14.0. The maximum absolute atomic E-state index is 13.0. The summed E-state index contributed by atoms with van der Waals surface area (Å²) in [5.41, 5.74) is 1.41. The highest BCUT2D eigenvalue weighted by atomic mass is 32.2. The van der Waals surface area contributed by atoms with E-state index in [1.54, 1.807) is 36.4 Å². The molecule has 0 bridgehead atoms. The molecule has 0 saturated carbocycles. The molecule has 0 radical (unpaired) electrons. The smallest absolute Gasteiger partial charge is 0.244 e. The molecule has 0 atom stereocenters. The van der Waals surface area contributed by atoms with Crippen molar-refractivity contribution in [1.82, 2.24) is 4.98 Å². The fraction of sp³-hybridized carbons (Fsp3) is 0.143. The van der Waals surface area contributed by atoms with Gasteiger partial charge < -0.3 is 4.42 Å². The molecule has 8 heteroatoms. The second-order valence-corrected chi connectivity index (χ2v) is 9.61. The average Bonchev–Trinajstić information content (AvgIpc) is 3.35. The highest BCUT2D eigenvalue weighted by molar-refractivity contribution is 7.91. The number of nitrogens with zero attached hydrogens (tertiary/aromatic N) is 2. The van der Waals surface area contributed by atoms with Crippen molar-refractivity contribution >= 4 is 42.4 Å². The van der Waals surface area contributed by atoms with E-state index in [0.29, 0.717) is 16.5 Å². The average molecular weight is 427 g/mol. The lowest BCUT2D eigenvalue weighted by Gasteiger charge is -2.18. The van der Waals surface area contributed by atoms with E-state index in [1.165, 1.54) is 22.5 Å². The lowest BCUT2D eigenvalue weighted by atomic mass is 10.2. The molecule has 0 aliphatic rings. The summed E-state index contributed by atoms with van der Waals surface area (Å²) >= 11 is 1.34. The molecule has 6 nitrogen and oxygen atoms in total. The van der Waals surface area contributed by atoms with Crippen LogP contribution in [0.5, 0.6) is 0 Å². The largest absolute Gasteiger partial charge is 0.467 e. The van der Waals surface area contributed by atoms with Gasteiger partial charge in [0.25, 0.3) is 0 Å². The highest BCUT2D eigenvalue weighted by Gasteiger charge is 2.26. The molecular weight excluding hydrogens is 408 g/mol. The predicted molar refractivity (Wildman–Crippen MR) is 113 cm³/mol. The molecule has 0 aliphatic heterocycles. The summed E-state index contributed by atoms with van der Waals surface area (Å²) in [7, 11) is -3.64. The minimum atomic E-state index is -3.64. The van der Waals surface area contributed by atoms with Gasteiger partial charge in [-0.3, -0.25) is 9.69 Å². The van der Waals surface area contributed by atoms with Crippen molar-refractivity contribution in [1.29, 1.82) is 0 Å². The minimum absolute atomic E-state index is 0.118. The van der Waals surface area contributed by atoms with E-state index < -0.39 is 21.5 Å². The van der Waals surface area contributed by atoms with Crippen LogP contribution in [0.1, 0.15) is 11.3 Å². The Bertz CT molecular complexity index is 1180. The zero-order valence-corrected chi connectivity index (χ0v) is 17.0. The van der Waals surface area contributed by atoms with Crippen molar-refractivity contribution in [3.63, 3.8) is 0 Å². The van der Waals surface area contributed by atoms with Gasteiger partial charge in [0, 0.05) is 0 Å². The van der Waals surface area contributed by atoms with E-state index >= 15 is 0 Å². The molecular formula is C21H18N2O4S2. The van der Waals surface area contributed by atoms with Crippen LogP contribution in [0.25, 0.3) is 10.2 Å². The van der Waals surface area contributed by atoms with E-state index in [1.807, 2.05) is 30.3 Å². The van der Waals surface area contributed by atoms with Gasteiger partial charge in [-0.05, 0) is 29.8 Å². The molecule has 29 heavy (non-hydrogen) atoms. The number of para-hydroxylation sites is 1. The SMILES string of the molecule is O=C(CS(=O)(=O)Cc1ccccc1)N(Cc1ccco1)c1nc2ccccc2s1. The van der Waals surface area contributed by atoms with Crippen LogP contribution in [0.2, 0.25) is 0 Å². The molecule has 2 aromatic heterocycles. The Hall–Kier alpha value is -2.97. The van der Waals surface area contributed by atoms with Crippen LogP contribution in [0, 0.1) is 0 Å². The summed E-state index contributed by atoms with van der Waals surface area (Å²) in [5.74, 6) is -0.763. The molecule has 148 valence electrons. The predicted octanol–water partition coefficient (Wildman–Crippen LogP) is 4.04. The van der Waals surface area contributed by atoms with E-state index in [9.17, 15) is 13.2 Å². The van der Waals surface area contributed by atoms with Gasteiger partial charge >= 0.3 is 0 Å². The van der Waals surface area contributed by atoms with E-state index in [2.05, 4.69) is 4.98 Å². The van der Waals surface area contributed by atoms with Gasteiger partial charge in [-0.1, -0.05) is 53.8 Å². The van der Waals surface area contributed by atoms with Gasteiger partial charge in [-0.25, -0.2) is 13.4 Å². The lowest BCUT2D eigenvalue weighted by Crippen LogP contribution is -2.35. The Kier molecular flexibility index (Phi) is 5.46. The molecule has 1 amide bonds. The second-order valence-electron chi connectivity index (χ2n) is 6.54. The fourth-order valence-electron chi connectivity index (χ4n) is 2.94.